The predicted molar refractivity (Wildman–Crippen MR) is 70.9 cm³/mol. The van der Waals surface area contributed by atoms with Crippen LogP contribution in [0.15, 0.2) is 30.5 Å². The SMILES string of the molecule is O=C1CC(c2cnc(-c3ccc(C(F)(F)F)cc3)s2)CO1. The van der Waals surface area contributed by atoms with Crippen molar-refractivity contribution in [2.45, 2.75) is 18.5 Å². The molecular weight excluding hydrogens is 303 g/mol. The van der Waals surface area contributed by atoms with E-state index >= 15 is 0 Å². The van der Waals surface area contributed by atoms with Gasteiger partial charge in [-0.05, 0) is 12.1 Å². The molecule has 0 amide bonds. The van der Waals surface area contributed by atoms with E-state index in [1.165, 1.54) is 23.5 Å². The number of hydrogen-bond acceptors (Lipinski definition) is 4. The van der Waals surface area contributed by atoms with Gasteiger partial charge in [-0.2, -0.15) is 13.2 Å². The summed E-state index contributed by atoms with van der Waals surface area (Å²) in [5.74, 6) is -0.234. The van der Waals surface area contributed by atoms with Crippen molar-refractivity contribution in [2.24, 2.45) is 0 Å². The minimum atomic E-state index is -4.34. The topological polar surface area (TPSA) is 39.2 Å². The minimum Gasteiger partial charge on any atom is -0.465 e. The first-order valence-electron chi connectivity index (χ1n) is 6.22. The number of esters is 1. The molecule has 2 aromatic rings. The van der Waals surface area contributed by atoms with Gasteiger partial charge in [-0.15, -0.1) is 11.3 Å². The van der Waals surface area contributed by atoms with E-state index in [9.17, 15) is 18.0 Å². The molecule has 1 fully saturated rings. The molecule has 0 aliphatic carbocycles. The van der Waals surface area contributed by atoms with Crippen LogP contribution in [0.4, 0.5) is 13.2 Å². The summed E-state index contributed by atoms with van der Waals surface area (Å²) in [5.41, 5.74) is -0.0534. The molecule has 0 radical (unpaired) electrons. The lowest BCUT2D eigenvalue weighted by Gasteiger charge is -2.06. The summed E-state index contributed by atoms with van der Waals surface area (Å²) in [4.78, 5) is 16.2. The van der Waals surface area contributed by atoms with Crippen molar-refractivity contribution >= 4 is 17.3 Å². The van der Waals surface area contributed by atoms with E-state index in [0.29, 0.717) is 23.6 Å². The van der Waals surface area contributed by atoms with Gasteiger partial charge in [0.15, 0.2) is 0 Å². The number of hydrogen-bond donors (Lipinski definition) is 0. The third-order valence-electron chi connectivity index (χ3n) is 3.24. The predicted octanol–water partition coefficient (Wildman–Crippen LogP) is 3.86. The zero-order chi connectivity index (χ0) is 15.0. The molecule has 1 aliphatic rings. The molecule has 1 unspecified atom stereocenters. The van der Waals surface area contributed by atoms with Crippen LogP contribution in [0.25, 0.3) is 10.6 Å². The highest BCUT2D eigenvalue weighted by Crippen LogP contribution is 2.35. The van der Waals surface area contributed by atoms with Crippen molar-refractivity contribution in [1.82, 2.24) is 4.98 Å². The van der Waals surface area contributed by atoms with Crippen LogP contribution in [-0.4, -0.2) is 17.6 Å². The van der Waals surface area contributed by atoms with Gasteiger partial charge in [0, 0.05) is 22.6 Å². The van der Waals surface area contributed by atoms with Crippen LogP contribution in [0, 0.1) is 0 Å². The zero-order valence-corrected chi connectivity index (χ0v) is 11.5. The molecule has 110 valence electrons. The van der Waals surface area contributed by atoms with E-state index in [2.05, 4.69) is 4.98 Å². The maximum atomic E-state index is 12.5. The molecule has 0 N–H and O–H groups in total. The smallest absolute Gasteiger partial charge is 0.416 e. The lowest BCUT2D eigenvalue weighted by atomic mass is 10.1. The third-order valence-corrected chi connectivity index (χ3v) is 4.45. The molecular formula is C14H10F3NO2S. The summed E-state index contributed by atoms with van der Waals surface area (Å²) in [7, 11) is 0. The van der Waals surface area contributed by atoms with E-state index in [-0.39, 0.29) is 11.9 Å². The second-order valence-corrected chi connectivity index (χ2v) is 5.79. The van der Waals surface area contributed by atoms with Crippen molar-refractivity contribution in [3.8, 4) is 10.6 Å². The number of rotatable bonds is 2. The van der Waals surface area contributed by atoms with Crippen molar-refractivity contribution < 1.29 is 22.7 Å². The van der Waals surface area contributed by atoms with E-state index in [4.69, 9.17) is 4.74 Å². The van der Waals surface area contributed by atoms with Crippen LogP contribution in [0.1, 0.15) is 22.8 Å². The second-order valence-electron chi connectivity index (χ2n) is 4.73. The molecule has 1 aromatic carbocycles. The molecule has 3 nitrogen and oxygen atoms in total. The van der Waals surface area contributed by atoms with Gasteiger partial charge in [0.05, 0.1) is 18.6 Å². The monoisotopic (exact) mass is 313 g/mol. The molecule has 1 atom stereocenters. The summed E-state index contributed by atoms with van der Waals surface area (Å²) in [5, 5.41) is 0.637. The van der Waals surface area contributed by atoms with E-state index in [1.54, 1.807) is 6.20 Å². The standard InChI is InChI=1S/C14H10F3NO2S/c15-14(16,17)10-3-1-8(2-4-10)13-18-6-11(21-13)9-5-12(19)20-7-9/h1-4,6,9H,5,7H2. The van der Waals surface area contributed by atoms with Gasteiger partial charge in [0.25, 0.3) is 0 Å². The van der Waals surface area contributed by atoms with Crippen molar-refractivity contribution in [3.63, 3.8) is 0 Å². The number of carbonyl (C=O) groups excluding carboxylic acids is 1. The Balaban J connectivity index is 1.81. The van der Waals surface area contributed by atoms with Crippen molar-refractivity contribution in [1.29, 1.82) is 0 Å². The highest BCUT2D eigenvalue weighted by molar-refractivity contribution is 7.15. The van der Waals surface area contributed by atoms with Crippen molar-refractivity contribution in [2.75, 3.05) is 6.61 Å². The lowest BCUT2D eigenvalue weighted by molar-refractivity contribution is -0.138. The average molecular weight is 313 g/mol. The largest absolute Gasteiger partial charge is 0.465 e. The van der Waals surface area contributed by atoms with Crippen LogP contribution in [0.2, 0.25) is 0 Å². The summed E-state index contributed by atoms with van der Waals surface area (Å²) in [6.45, 7) is 0.341. The number of nitrogens with zero attached hydrogens (tertiary/aromatic N) is 1. The number of alkyl halides is 3. The Hall–Kier alpha value is -1.89. The number of benzene rings is 1. The number of halogens is 3. The Morgan fingerprint density at radius 3 is 2.52 bits per heavy atom. The highest BCUT2D eigenvalue weighted by Gasteiger charge is 2.30. The molecule has 0 bridgehead atoms. The first-order chi connectivity index (χ1) is 9.93. The Morgan fingerprint density at radius 2 is 1.95 bits per heavy atom. The number of thiazole rings is 1. The number of carbonyl (C=O) groups is 1. The van der Waals surface area contributed by atoms with Crippen molar-refractivity contribution in [3.05, 3.63) is 40.9 Å². The fraction of sp³-hybridized carbons (Fsp3) is 0.286. The van der Waals surface area contributed by atoms with Crippen LogP contribution in [0.3, 0.4) is 0 Å². The Bertz CT molecular complexity index is 664. The fourth-order valence-electron chi connectivity index (χ4n) is 2.11. The molecule has 1 aliphatic heterocycles. The summed E-state index contributed by atoms with van der Waals surface area (Å²) < 4.78 is 42.4. The van der Waals surface area contributed by atoms with Crippen LogP contribution >= 0.6 is 11.3 Å². The Labute approximate surface area is 122 Å². The van der Waals surface area contributed by atoms with Gasteiger partial charge in [-0.25, -0.2) is 4.98 Å². The van der Waals surface area contributed by atoms with E-state index in [1.807, 2.05) is 0 Å². The van der Waals surface area contributed by atoms with Crippen LogP contribution < -0.4 is 0 Å². The first kappa shape index (κ1) is 14.1. The lowest BCUT2D eigenvalue weighted by Crippen LogP contribution is -2.03. The number of aromatic nitrogens is 1. The zero-order valence-electron chi connectivity index (χ0n) is 10.7. The van der Waals surface area contributed by atoms with Crippen LogP contribution in [-0.2, 0) is 15.7 Å². The average Bonchev–Trinajstić information content (AvgIpc) is 3.06. The molecule has 2 heterocycles. The molecule has 0 saturated carbocycles. The molecule has 3 rings (SSSR count). The minimum absolute atomic E-state index is 0.00167. The first-order valence-corrected chi connectivity index (χ1v) is 7.04. The summed E-state index contributed by atoms with van der Waals surface area (Å²) >= 11 is 1.37. The molecule has 1 aromatic heterocycles. The number of cyclic esters (lactones) is 1. The Kier molecular flexibility index (Phi) is 3.44. The maximum Gasteiger partial charge on any atom is 0.416 e. The maximum absolute atomic E-state index is 12.5. The van der Waals surface area contributed by atoms with Gasteiger partial charge >= 0.3 is 12.1 Å². The number of ether oxygens (including phenoxy) is 1. The van der Waals surface area contributed by atoms with E-state index < -0.39 is 11.7 Å². The van der Waals surface area contributed by atoms with Gasteiger partial charge in [0.2, 0.25) is 0 Å². The highest BCUT2D eigenvalue weighted by atomic mass is 32.1. The molecule has 7 heteroatoms. The summed E-state index contributed by atoms with van der Waals surface area (Å²) in [6.07, 6.45) is -2.35. The quantitative estimate of drug-likeness (QED) is 0.790. The summed E-state index contributed by atoms with van der Waals surface area (Å²) in [6, 6.07) is 4.89. The normalized spacial score (nSPS) is 18.8. The third kappa shape index (κ3) is 2.92. The fourth-order valence-corrected chi connectivity index (χ4v) is 3.11. The second kappa shape index (κ2) is 5.14. The van der Waals surface area contributed by atoms with Crippen LogP contribution in [0.5, 0.6) is 0 Å². The van der Waals surface area contributed by atoms with E-state index in [0.717, 1.165) is 17.0 Å². The van der Waals surface area contributed by atoms with Gasteiger partial charge in [-0.3, -0.25) is 4.79 Å². The Morgan fingerprint density at radius 1 is 1.24 bits per heavy atom. The molecule has 0 spiro atoms. The molecule has 21 heavy (non-hydrogen) atoms. The van der Waals surface area contributed by atoms with Gasteiger partial charge < -0.3 is 4.74 Å². The van der Waals surface area contributed by atoms with Gasteiger partial charge in [0.1, 0.15) is 5.01 Å². The van der Waals surface area contributed by atoms with Gasteiger partial charge in [-0.1, -0.05) is 12.1 Å². The molecule has 1 saturated heterocycles.